The molecular formula is C16H15Cl2NO2. The predicted octanol–water partition coefficient (Wildman–Crippen LogP) is 4.53. The quantitative estimate of drug-likeness (QED) is 0.883. The molecule has 0 radical (unpaired) electrons. The second kappa shape index (κ2) is 5.76. The highest BCUT2D eigenvalue weighted by Crippen LogP contribution is 2.41. The lowest BCUT2D eigenvalue weighted by Gasteiger charge is -2.31. The van der Waals surface area contributed by atoms with Gasteiger partial charge in [0, 0.05) is 28.1 Å². The molecule has 21 heavy (non-hydrogen) atoms. The van der Waals surface area contributed by atoms with E-state index in [1.54, 1.807) is 13.2 Å². The van der Waals surface area contributed by atoms with E-state index < -0.39 is 0 Å². The van der Waals surface area contributed by atoms with Crippen molar-refractivity contribution >= 4 is 23.2 Å². The van der Waals surface area contributed by atoms with Crippen LogP contribution in [0.5, 0.6) is 11.5 Å². The van der Waals surface area contributed by atoms with Crippen molar-refractivity contribution in [3.63, 3.8) is 0 Å². The van der Waals surface area contributed by atoms with Crippen LogP contribution in [0, 0.1) is 0 Å². The zero-order valence-corrected chi connectivity index (χ0v) is 13.0. The minimum absolute atomic E-state index is 0.119. The summed E-state index contributed by atoms with van der Waals surface area (Å²) in [5, 5.41) is 1.19. The van der Waals surface area contributed by atoms with Crippen LogP contribution in [0.3, 0.4) is 0 Å². The van der Waals surface area contributed by atoms with Gasteiger partial charge in [0.15, 0.2) is 0 Å². The van der Waals surface area contributed by atoms with Gasteiger partial charge in [-0.25, -0.2) is 0 Å². The van der Waals surface area contributed by atoms with Crippen molar-refractivity contribution in [2.75, 3.05) is 7.11 Å². The molecule has 1 heterocycles. The van der Waals surface area contributed by atoms with E-state index >= 15 is 0 Å². The molecule has 0 saturated heterocycles. The Labute approximate surface area is 133 Å². The number of hydrogen-bond donors (Lipinski definition) is 1. The Hall–Kier alpha value is -1.42. The highest BCUT2D eigenvalue weighted by atomic mass is 35.5. The number of ether oxygens (including phenoxy) is 2. The maximum Gasteiger partial charge on any atom is 0.126 e. The van der Waals surface area contributed by atoms with E-state index in [4.69, 9.17) is 38.4 Å². The lowest BCUT2D eigenvalue weighted by Crippen LogP contribution is -2.24. The van der Waals surface area contributed by atoms with Crippen LogP contribution in [0.2, 0.25) is 10.0 Å². The van der Waals surface area contributed by atoms with Crippen LogP contribution in [-0.2, 0) is 0 Å². The van der Waals surface area contributed by atoms with Gasteiger partial charge in [-0.15, -0.1) is 0 Å². The fourth-order valence-electron chi connectivity index (χ4n) is 2.57. The van der Waals surface area contributed by atoms with Gasteiger partial charge in [0.25, 0.3) is 0 Å². The fourth-order valence-corrected chi connectivity index (χ4v) is 3.12. The molecule has 5 heteroatoms. The zero-order valence-electron chi connectivity index (χ0n) is 11.5. The third-order valence-electron chi connectivity index (χ3n) is 3.61. The molecule has 0 aromatic heterocycles. The Kier molecular flexibility index (Phi) is 3.98. The number of nitrogens with two attached hydrogens (primary N) is 1. The molecule has 2 atom stereocenters. The molecule has 1 aliphatic rings. The number of fused-ring (bicyclic) bond motifs is 1. The normalized spacial score (nSPS) is 20.6. The van der Waals surface area contributed by atoms with Gasteiger partial charge in [0.1, 0.15) is 17.6 Å². The lowest BCUT2D eigenvalue weighted by molar-refractivity contribution is 0.161. The molecule has 3 nitrogen and oxygen atoms in total. The van der Waals surface area contributed by atoms with E-state index in [9.17, 15) is 0 Å². The molecule has 0 spiro atoms. The van der Waals surface area contributed by atoms with Gasteiger partial charge >= 0.3 is 0 Å². The van der Waals surface area contributed by atoms with Crippen LogP contribution in [0.15, 0.2) is 36.4 Å². The first-order valence-corrected chi connectivity index (χ1v) is 7.38. The molecule has 2 aromatic rings. The summed E-state index contributed by atoms with van der Waals surface area (Å²) < 4.78 is 11.3. The minimum Gasteiger partial charge on any atom is -0.497 e. The van der Waals surface area contributed by atoms with Gasteiger partial charge in [-0.2, -0.15) is 0 Å². The van der Waals surface area contributed by atoms with Crippen LogP contribution in [0.25, 0.3) is 0 Å². The van der Waals surface area contributed by atoms with E-state index in [0.29, 0.717) is 16.5 Å². The van der Waals surface area contributed by atoms with Gasteiger partial charge in [0.05, 0.1) is 7.11 Å². The van der Waals surface area contributed by atoms with E-state index in [2.05, 4.69) is 0 Å². The predicted molar refractivity (Wildman–Crippen MR) is 84.4 cm³/mol. The van der Waals surface area contributed by atoms with Crippen molar-refractivity contribution < 1.29 is 9.47 Å². The van der Waals surface area contributed by atoms with Crippen molar-refractivity contribution in [2.45, 2.75) is 18.6 Å². The molecule has 1 aliphatic heterocycles. The Morgan fingerprint density at radius 2 is 1.86 bits per heavy atom. The summed E-state index contributed by atoms with van der Waals surface area (Å²) in [7, 11) is 1.63. The Morgan fingerprint density at radius 3 is 2.52 bits per heavy atom. The third-order valence-corrected chi connectivity index (χ3v) is 4.05. The molecule has 110 valence electrons. The average molecular weight is 324 g/mol. The van der Waals surface area contributed by atoms with Gasteiger partial charge in [-0.1, -0.05) is 23.2 Å². The van der Waals surface area contributed by atoms with Crippen molar-refractivity contribution in [1.29, 1.82) is 0 Å². The number of halogens is 2. The molecule has 0 fully saturated rings. The fraction of sp³-hybridized carbons (Fsp3) is 0.250. The zero-order chi connectivity index (χ0) is 15.0. The maximum atomic E-state index is 6.27. The summed E-state index contributed by atoms with van der Waals surface area (Å²) >= 11 is 12.1. The summed E-state index contributed by atoms with van der Waals surface area (Å²) in [5.41, 5.74) is 8.16. The average Bonchev–Trinajstić information content (AvgIpc) is 2.46. The Morgan fingerprint density at radius 1 is 1.14 bits per heavy atom. The van der Waals surface area contributed by atoms with E-state index in [1.165, 1.54) is 0 Å². The molecular weight excluding hydrogens is 309 g/mol. The maximum absolute atomic E-state index is 6.27. The highest BCUT2D eigenvalue weighted by Gasteiger charge is 2.27. The summed E-state index contributed by atoms with van der Waals surface area (Å²) in [6.45, 7) is 0. The third kappa shape index (κ3) is 2.95. The SMILES string of the molecule is COc1ccc2c(c1)[C@H](N)CC(c1cc(Cl)cc(Cl)c1)O2. The summed E-state index contributed by atoms with van der Waals surface area (Å²) in [5.74, 6) is 1.55. The monoisotopic (exact) mass is 323 g/mol. The minimum atomic E-state index is -0.155. The van der Waals surface area contributed by atoms with Gasteiger partial charge < -0.3 is 15.2 Å². The molecule has 0 saturated carbocycles. The van der Waals surface area contributed by atoms with Crippen LogP contribution < -0.4 is 15.2 Å². The van der Waals surface area contributed by atoms with E-state index in [-0.39, 0.29) is 12.1 Å². The second-order valence-electron chi connectivity index (χ2n) is 5.06. The van der Waals surface area contributed by atoms with Gasteiger partial charge in [0.2, 0.25) is 0 Å². The largest absolute Gasteiger partial charge is 0.497 e. The molecule has 2 aromatic carbocycles. The van der Waals surface area contributed by atoms with Crippen LogP contribution in [0.4, 0.5) is 0 Å². The lowest BCUT2D eigenvalue weighted by atomic mass is 9.93. The van der Waals surface area contributed by atoms with Crippen molar-refractivity contribution in [3.05, 3.63) is 57.6 Å². The van der Waals surface area contributed by atoms with Crippen LogP contribution in [0.1, 0.15) is 29.7 Å². The van der Waals surface area contributed by atoms with Crippen molar-refractivity contribution in [2.24, 2.45) is 5.73 Å². The molecule has 0 bridgehead atoms. The number of hydrogen-bond acceptors (Lipinski definition) is 3. The van der Waals surface area contributed by atoms with E-state index in [0.717, 1.165) is 22.6 Å². The van der Waals surface area contributed by atoms with Crippen molar-refractivity contribution in [3.8, 4) is 11.5 Å². The van der Waals surface area contributed by atoms with E-state index in [1.807, 2.05) is 30.3 Å². The molecule has 3 rings (SSSR count). The number of rotatable bonds is 2. The van der Waals surface area contributed by atoms with Gasteiger partial charge in [-0.05, 0) is 42.0 Å². The number of methoxy groups -OCH3 is 1. The smallest absolute Gasteiger partial charge is 0.126 e. The second-order valence-corrected chi connectivity index (χ2v) is 5.93. The molecule has 0 aliphatic carbocycles. The summed E-state index contributed by atoms with van der Waals surface area (Å²) in [6, 6.07) is 11.0. The Balaban J connectivity index is 1.94. The van der Waals surface area contributed by atoms with Gasteiger partial charge in [-0.3, -0.25) is 0 Å². The molecule has 1 unspecified atom stereocenters. The molecule has 2 N–H and O–H groups in total. The topological polar surface area (TPSA) is 44.5 Å². The Bertz CT molecular complexity index is 655. The highest BCUT2D eigenvalue weighted by molar-refractivity contribution is 6.34. The summed E-state index contributed by atoms with van der Waals surface area (Å²) in [6.07, 6.45) is 0.508. The van der Waals surface area contributed by atoms with Crippen LogP contribution in [-0.4, -0.2) is 7.11 Å². The number of benzene rings is 2. The summed E-state index contributed by atoms with van der Waals surface area (Å²) in [4.78, 5) is 0. The first kappa shape index (κ1) is 14.5. The standard InChI is InChI=1S/C16H15Cl2NO2/c1-20-12-2-3-15-13(7-12)14(19)8-16(21-15)9-4-10(17)6-11(18)5-9/h2-7,14,16H,8,19H2,1H3/t14-,16?/m1/s1. The van der Waals surface area contributed by atoms with Crippen LogP contribution >= 0.6 is 23.2 Å². The first-order chi connectivity index (χ1) is 10.1. The molecule has 0 amide bonds. The van der Waals surface area contributed by atoms with Crippen molar-refractivity contribution in [1.82, 2.24) is 0 Å². The first-order valence-electron chi connectivity index (χ1n) is 6.63.